The molecule has 1 aromatic carbocycles. The predicted octanol–water partition coefficient (Wildman–Crippen LogP) is 3.58. The van der Waals surface area contributed by atoms with E-state index in [1.165, 1.54) is 12.1 Å². The third kappa shape index (κ3) is 2.83. The Morgan fingerprint density at radius 2 is 2.25 bits per heavy atom. The fourth-order valence-corrected chi connectivity index (χ4v) is 1.83. The van der Waals surface area contributed by atoms with Gasteiger partial charge < -0.3 is 5.73 Å². The van der Waals surface area contributed by atoms with Crippen LogP contribution in [-0.4, -0.2) is 0 Å². The summed E-state index contributed by atoms with van der Waals surface area (Å²) in [4.78, 5) is 0. The van der Waals surface area contributed by atoms with Gasteiger partial charge in [0.1, 0.15) is 5.82 Å². The molecular formula is C12H12BrFN2. The molecule has 1 aromatic rings. The van der Waals surface area contributed by atoms with Crippen molar-refractivity contribution in [2.75, 3.05) is 0 Å². The lowest BCUT2D eigenvalue weighted by Gasteiger charge is -2.07. The zero-order chi connectivity index (χ0) is 12.1. The number of hydrogen-bond acceptors (Lipinski definition) is 2. The van der Waals surface area contributed by atoms with Crippen LogP contribution < -0.4 is 5.73 Å². The molecule has 16 heavy (non-hydrogen) atoms. The SMILES string of the molecule is CCC/C(C#N)=C(/N)c1cc(F)ccc1Br. The van der Waals surface area contributed by atoms with E-state index in [4.69, 9.17) is 11.0 Å². The molecule has 0 saturated heterocycles. The van der Waals surface area contributed by atoms with Crippen molar-refractivity contribution in [2.24, 2.45) is 5.73 Å². The molecule has 0 amide bonds. The van der Waals surface area contributed by atoms with Gasteiger partial charge in [0, 0.05) is 10.0 Å². The molecule has 1 rings (SSSR count). The molecule has 0 saturated carbocycles. The van der Waals surface area contributed by atoms with E-state index in [0.29, 0.717) is 27.7 Å². The molecule has 2 N–H and O–H groups in total. The van der Waals surface area contributed by atoms with Crippen molar-refractivity contribution in [3.05, 3.63) is 39.6 Å². The van der Waals surface area contributed by atoms with E-state index in [2.05, 4.69) is 22.0 Å². The first kappa shape index (κ1) is 12.7. The first-order valence-corrected chi connectivity index (χ1v) is 5.73. The maximum absolute atomic E-state index is 13.1. The topological polar surface area (TPSA) is 49.8 Å². The fourth-order valence-electron chi connectivity index (χ4n) is 1.37. The average molecular weight is 283 g/mol. The maximum Gasteiger partial charge on any atom is 0.123 e. The van der Waals surface area contributed by atoms with Crippen LogP contribution >= 0.6 is 15.9 Å². The summed E-state index contributed by atoms with van der Waals surface area (Å²) in [5, 5.41) is 8.95. The summed E-state index contributed by atoms with van der Waals surface area (Å²) in [5.41, 5.74) is 7.24. The van der Waals surface area contributed by atoms with Crippen molar-refractivity contribution in [2.45, 2.75) is 19.8 Å². The Labute approximate surface area is 103 Å². The number of rotatable bonds is 3. The second-order valence-electron chi connectivity index (χ2n) is 3.38. The van der Waals surface area contributed by atoms with Gasteiger partial charge in [-0.1, -0.05) is 29.3 Å². The summed E-state index contributed by atoms with van der Waals surface area (Å²) >= 11 is 3.29. The van der Waals surface area contributed by atoms with Crippen molar-refractivity contribution in [3.8, 4) is 6.07 Å². The number of halogens is 2. The monoisotopic (exact) mass is 282 g/mol. The number of nitriles is 1. The molecule has 0 spiro atoms. The van der Waals surface area contributed by atoms with Gasteiger partial charge in [0.05, 0.1) is 17.3 Å². The Hall–Kier alpha value is -1.34. The molecule has 0 fully saturated rings. The maximum atomic E-state index is 13.1. The summed E-state index contributed by atoms with van der Waals surface area (Å²) in [5.74, 6) is -0.366. The highest BCUT2D eigenvalue weighted by Gasteiger charge is 2.09. The van der Waals surface area contributed by atoms with Gasteiger partial charge >= 0.3 is 0 Å². The molecule has 84 valence electrons. The van der Waals surface area contributed by atoms with E-state index in [9.17, 15) is 4.39 Å². The van der Waals surface area contributed by atoms with Gasteiger partial charge in [-0.3, -0.25) is 0 Å². The standard InChI is InChI=1S/C12H12BrFN2/c1-2-3-8(7-15)12(16)10-6-9(14)4-5-11(10)13/h4-6H,2-3,16H2,1H3/b12-8-. The van der Waals surface area contributed by atoms with Crippen molar-refractivity contribution >= 4 is 21.6 Å². The quantitative estimate of drug-likeness (QED) is 0.862. The van der Waals surface area contributed by atoms with Gasteiger partial charge in [-0.15, -0.1) is 0 Å². The number of nitrogens with two attached hydrogens (primary N) is 1. The molecule has 0 atom stereocenters. The minimum absolute atomic E-state index is 0.343. The van der Waals surface area contributed by atoms with E-state index < -0.39 is 0 Å². The van der Waals surface area contributed by atoms with Crippen LogP contribution in [0.5, 0.6) is 0 Å². The summed E-state index contributed by atoms with van der Waals surface area (Å²) in [7, 11) is 0. The lowest BCUT2D eigenvalue weighted by molar-refractivity contribution is 0.627. The fraction of sp³-hybridized carbons (Fsp3) is 0.250. The number of benzene rings is 1. The number of hydrogen-bond donors (Lipinski definition) is 1. The highest BCUT2D eigenvalue weighted by atomic mass is 79.9. The molecular weight excluding hydrogens is 271 g/mol. The summed E-state index contributed by atoms with van der Waals surface area (Å²) in [6.07, 6.45) is 1.43. The zero-order valence-corrected chi connectivity index (χ0v) is 10.5. The Kier molecular flexibility index (Phi) is 4.51. The number of allylic oxidation sites excluding steroid dienone is 1. The Bertz CT molecular complexity index is 461. The first-order chi connectivity index (χ1) is 7.60. The summed E-state index contributed by atoms with van der Waals surface area (Å²) < 4.78 is 13.8. The van der Waals surface area contributed by atoms with E-state index in [1.807, 2.05) is 6.92 Å². The zero-order valence-electron chi connectivity index (χ0n) is 8.93. The third-order valence-electron chi connectivity index (χ3n) is 2.18. The molecule has 0 aliphatic heterocycles. The summed E-state index contributed by atoms with van der Waals surface area (Å²) in [6, 6.07) is 6.31. The van der Waals surface area contributed by atoms with Gasteiger partial charge in [0.15, 0.2) is 0 Å². The number of nitrogens with zero attached hydrogens (tertiary/aromatic N) is 1. The minimum Gasteiger partial charge on any atom is -0.397 e. The molecule has 4 heteroatoms. The molecule has 0 aliphatic carbocycles. The molecule has 0 aliphatic rings. The van der Waals surface area contributed by atoms with Gasteiger partial charge in [0.25, 0.3) is 0 Å². The van der Waals surface area contributed by atoms with Crippen LogP contribution in [0.2, 0.25) is 0 Å². The smallest absolute Gasteiger partial charge is 0.123 e. The normalized spacial score (nSPS) is 11.9. The average Bonchev–Trinajstić information content (AvgIpc) is 2.28. The van der Waals surface area contributed by atoms with Crippen LogP contribution in [0.25, 0.3) is 5.70 Å². The van der Waals surface area contributed by atoms with Crippen molar-refractivity contribution in [3.63, 3.8) is 0 Å². The predicted molar refractivity (Wildman–Crippen MR) is 65.7 cm³/mol. The Morgan fingerprint density at radius 3 is 2.81 bits per heavy atom. The molecule has 0 aromatic heterocycles. The van der Waals surface area contributed by atoms with Crippen LogP contribution in [0.1, 0.15) is 25.3 Å². The highest BCUT2D eigenvalue weighted by molar-refractivity contribution is 9.10. The van der Waals surface area contributed by atoms with Gasteiger partial charge in [-0.25, -0.2) is 4.39 Å². The van der Waals surface area contributed by atoms with Crippen LogP contribution in [-0.2, 0) is 0 Å². The van der Waals surface area contributed by atoms with Gasteiger partial charge in [-0.05, 0) is 24.6 Å². The minimum atomic E-state index is -0.366. The van der Waals surface area contributed by atoms with Crippen molar-refractivity contribution in [1.29, 1.82) is 5.26 Å². The van der Waals surface area contributed by atoms with E-state index in [-0.39, 0.29) is 5.82 Å². The lowest BCUT2D eigenvalue weighted by atomic mass is 10.0. The highest BCUT2D eigenvalue weighted by Crippen LogP contribution is 2.25. The van der Waals surface area contributed by atoms with Crippen LogP contribution in [0, 0.1) is 17.1 Å². The molecule has 0 heterocycles. The van der Waals surface area contributed by atoms with Gasteiger partial charge in [-0.2, -0.15) is 5.26 Å². The second kappa shape index (κ2) is 5.66. The molecule has 0 unspecified atom stereocenters. The first-order valence-electron chi connectivity index (χ1n) is 4.94. The Morgan fingerprint density at radius 1 is 1.56 bits per heavy atom. The van der Waals surface area contributed by atoms with Crippen molar-refractivity contribution in [1.82, 2.24) is 0 Å². The van der Waals surface area contributed by atoms with Crippen LogP contribution in [0.3, 0.4) is 0 Å². The largest absolute Gasteiger partial charge is 0.397 e. The third-order valence-corrected chi connectivity index (χ3v) is 2.87. The molecule has 2 nitrogen and oxygen atoms in total. The van der Waals surface area contributed by atoms with E-state index >= 15 is 0 Å². The van der Waals surface area contributed by atoms with E-state index in [0.717, 1.165) is 6.42 Å². The molecule has 0 radical (unpaired) electrons. The van der Waals surface area contributed by atoms with E-state index in [1.54, 1.807) is 6.07 Å². The molecule has 0 bridgehead atoms. The van der Waals surface area contributed by atoms with Crippen LogP contribution in [0.15, 0.2) is 28.2 Å². The van der Waals surface area contributed by atoms with Crippen LogP contribution in [0.4, 0.5) is 4.39 Å². The Balaban J connectivity index is 3.27. The second-order valence-corrected chi connectivity index (χ2v) is 4.23. The van der Waals surface area contributed by atoms with Gasteiger partial charge in [0.2, 0.25) is 0 Å². The van der Waals surface area contributed by atoms with Crippen molar-refractivity contribution < 1.29 is 4.39 Å². The summed E-state index contributed by atoms with van der Waals surface area (Å²) in [6.45, 7) is 1.96. The lowest BCUT2D eigenvalue weighted by Crippen LogP contribution is -2.02.